The number of pyridine rings is 1. The predicted octanol–water partition coefficient (Wildman–Crippen LogP) is 1.01. The van der Waals surface area contributed by atoms with Crippen molar-refractivity contribution < 1.29 is 115 Å². The summed E-state index contributed by atoms with van der Waals surface area (Å²) in [5.74, 6) is -16.6. The standard InChI is InChI=1S/C97H141F3N22O21S/c1-15-16-24-74(89(134)112-68(37-51(2)3)86(131)117-73(49-144-50-79(104)127)85(130)110-47-78(103)126)119(13)93(138)67(105-10)32-26-53(6)58-20-17-21-61(40-58)122(56(9)143-14)82(96(141)142)65-23-18-22-64-59(44-109-81(64)65)41-69(87(132)111-66(34-35-101)84(129)106-11)113-91(136)76-42-63(124)48-121(76)95(140)70(38-52(4)5)115-88(133)72(46-108-80-33-29-60(45-107-80)97(98,99)100)116-90(135)75-25-19-36-120(75)94(139)71(43-77(102)125)114-83(128)55(8)118(12)92(137)54(7)39-57-27-30-62(123)31-28-57/h17-18,20-23,27-31,33,40,44-45,51-56,63,66-76,82,105,109,123-124H,15-16,19,24-26,32,34-39,41-43,46-50,101H2,1-14H3,(H2,102,125)(H2,103,126)(H2,104,127)(H,106,129)(H,107,108)(H,110,130)(H,111,132)(H,112,134)(H,113,136)(H,114,128)(H,115,133)(H,116,135)(H,117,131)(H,141,142)/t53?,54-,55-,56?,63+,66-,67-,68-,69-,70-,71-,72-,73-,74-,75-,76-,82?/m0/s1. The number of para-hydroxylation sites is 1. The molecule has 7 rings (SSSR count). The van der Waals surface area contributed by atoms with Gasteiger partial charge in [0.15, 0.2) is 6.04 Å². The number of phenols is 1. The van der Waals surface area contributed by atoms with Crippen molar-refractivity contribution in [2.45, 2.75) is 255 Å². The van der Waals surface area contributed by atoms with Crippen molar-refractivity contribution in [1.29, 1.82) is 0 Å². The quantitative estimate of drug-likeness (QED) is 0.0242. The number of nitrogens with one attached hydrogen (secondary N) is 12. The van der Waals surface area contributed by atoms with Crippen LogP contribution in [0.1, 0.15) is 179 Å². The maximum absolute atomic E-state index is 15.4. The number of hydrogen-bond donors (Lipinski definition) is 19. The molecule has 0 spiro atoms. The molecule has 16 amide bonds. The molecule has 0 saturated carbocycles. The number of ether oxygens (including phenoxy) is 1. The second-order valence-electron chi connectivity index (χ2n) is 37.3. The van der Waals surface area contributed by atoms with Crippen molar-refractivity contribution >= 4 is 135 Å². The Balaban J connectivity index is 1.14. The number of aliphatic hydroxyl groups excluding tert-OH is 1. The fraction of sp³-hybridized carbons (Fsp3) is 0.567. The van der Waals surface area contributed by atoms with Gasteiger partial charge in [-0.3, -0.25) is 76.7 Å². The van der Waals surface area contributed by atoms with Gasteiger partial charge < -0.3 is 131 Å². The molecule has 792 valence electrons. The van der Waals surface area contributed by atoms with Crippen LogP contribution < -0.4 is 86.3 Å². The molecule has 144 heavy (non-hydrogen) atoms. The number of aliphatic hydroxyl groups is 1. The molecule has 2 aromatic heterocycles. The van der Waals surface area contributed by atoms with Crippen LogP contribution in [0, 0.1) is 17.8 Å². The number of rotatable bonds is 57. The molecule has 23 N–H and O–H groups in total. The summed E-state index contributed by atoms with van der Waals surface area (Å²) in [5, 5.41) is 62.5. The molecular formula is C97H141F3N22O21S. The van der Waals surface area contributed by atoms with Crippen LogP contribution in [-0.2, 0) is 105 Å². The number of carbonyl (C=O) groups is 17. The lowest BCUT2D eigenvalue weighted by molar-refractivity contribution is -0.145. The van der Waals surface area contributed by atoms with E-state index in [1.165, 1.54) is 58.4 Å². The largest absolute Gasteiger partial charge is 0.508 e. The number of aliphatic carboxylic acids is 1. The molecule has 5 aromatic rings. The molecule has 4 heterocycles. The van der Waals surface area contributed by atoms with Crippen LogP contribution in [0.4, 0.5) is 24.7 Å². The first-order valence-electron chi connectivity index (χ1n) is 48.0. The number of aromatic amines is 1. The second kappa shape index (κ2) is 55.5. The third-order valence-corrected chi connectivity index (χ3v) is 26.4. The van der Waals surface area contributed by atoms with Crippen LogP contribution in [0.15, 0.2) is 91.3 Å². The van der Waals surface area contributed by atoms with E-state index in [0.29, 0.717) is 53.7 Å². The number of nitrogens with two attached hydrogens (primary N) is 4. The van der Waals surface area contributed by atoms with E-state index in [1.807, 2.05) is 33.8 Å². The van der Waals surface area contributed by atoms with Gasteiger partial charge >= 0.3 is 12.1 Å². The maximum Gasteiger partial charge on any atom is 0.417 e. The van der Waals surface area contributed by atoms with Crippen molar-refractivity contribution in [3.8, 4) is 5.75 Å². The number of nitrogens with zero attached hydrogens (tertiary/aromatic N) is 6. The van der Waals surface area contributed by atoms with Crippen molar-refractivity contribution in [2.24, 2.45) is 40.7 Å². The van der Waals surface area contributed by atoms with E-state index in [-0.39, 0.29) is 110 Å². The molecule has 2 aliphatic rings. The summed E-state index contributed by atoms with van der Waals surface area (Å²) in [5.41, 5.74) is 23.6. The minimum absolute atomic E-state index is 0.0164. The van der Waals surface area contributed by atoms with Crippen LogP contribution in [-0.4, -0.2) is 310 Å². The number of alkyl halides is 3. The Hall–Kier alpha value is -13.3. The van der Waals surface area contributed by atoms with Crippen molar-refractivity contribution in [3.63, 3.8) is 0 Å². The maximum atomic E-state index is 15.4. The summed E-state index contributed by atoms with van der Waals surface area (Å²) in [4.78, 5) is 251. The number of H-pyrrole nitrogens is 1. The number of halogens is 3. The fourth-order valence-electron chi connectivity index (χ4n) is 17.4. The second-order valence-corrected chi connectivity index (χ2v) is 38.3. The summed E-state index contributed by atoms with van der Waals surface area (Å²) in [6, 6.07) is 1.46. The average molecular weight is 2040 g/mol. The van der Waals surface area contributed by atoms with E-state index in [1.54, 1.807) is 88.2 Å². The Labute approximate surface area is 838 Å². The number of thioether (sulfide) groups is 1. The van der Waals surface area contributed by atoms with Gasteiger partial charge in [0.2, 0.25) is 94.5 Å². The lowest BCUT2D eigenvalue weighted by atomic mass is 9.92. The zero-order chi connectivity index (χ0) is 107. The zero-order valence-corrected chi connectivity index (χ0v) is 84.5. The third-order valence-electron chi connectivity index (χ3n) is 25.4. The molecule has 3 aromatic carbocycles. The third kappa shape index (κ3) is 33.7. The molecule has 2 saturated heterocycles. The van der Waals surface area contributed by atoms with Gasteiger partial charge in [-0.2, -0.15) is 13.2 Å². The number of unbranched alkanes of at least 4 members (excludes halogenated alkanes) is 1. The predicted molar refractivity (Wildman–Crippen MR) is 529 cm³/mol. The Kier molecular flexibility index (Phi) is 45.4. The van der Waals surface area contributed by atoms with E-state index in [2.05, 4.69) is 68.5 Å². The van der Waals surface area contributed by atoms with E-state index < -0.39 is 254 Å². The number of carbonyl (C=O) groups excluding carboxylic acids is 16. The zero-order valence-electron chi connectivity index (χ0n) is 83.7. The Bertz CT molecular complexity index is 5290. The highest BCUT2D eigenvalue weighted by atomic mass is 32.2. The summed E-state index contributed by atoms with van der Waals surface area (Å²) >= 11 is 0.962. The number of primary amides is 3. The van der Waals surface area contributed by atoms with Gasteiger partial charge in [-0.25, -0.2) is 9.78 Å². The number of likely N-dealkylation sites (tertiary alicyclic amines) is 2. The van der Waals surface area contributed by atoms with E-state index in [4.69, 9.17) is 27.7 Å². The van der Waals surface area contributed by atoms with Gasteiger partial charge in [0.25, 0.3) is 0 Å². The van der Waals surface area contributed by atoms with Crippen LogP contribution in [0.25, 0.3) is 10.9 Å². The molecular weight excluding hydrogens is 1900 g/mol. The van der Waals surface area contributed by atoms with Gasteiger partial charge in [-0.05, 0) is 156 Å². The number of phenolic OH excluding ortho intramolecular Hbond substituents is 1. The highest BCUT2D eigenvalue weighted by Crippen LogP contribution is 2.38. The molecule has 2 fully saturated rings. The van der Waals surface area contributed by atoms with Crippen LogP contribution >= 0.6 is 11.8 Å². The molecule has 0 bridgehead atoms. The fourth-order valence-corrected chi connectivity index (χ4v) is 18.2. The number of carboxylic acids is 1. The number of methoxy groups -OCH3 is 1. The van der Waals surface area contributed by atoms with Gasteiger partial charge in [-0.15, -0.1) is 11.8 Å². The smallest absolute Gasteiger partial charge is 0.417 e. The summed E-state index contributed by atoms with van der Waals surface area (Å²) in [6.45, 7) is 13.6. The monoisotopic (exact) mass is 2040 g/mol. The van der Waals surface area contributed by atoms with Crippen molar-refractivity contribution in [3.05, 3.63) is 119 Å². The van der Waals surface area contributed by atoms with E-state index >= 15 is 19.2 Å². The Morgan fingerprint density at radius 3 is 1.86 bits per heavy atom. The molecule has 47 heteroatoms. The highest BCUT2D eigenvalue weighted by molar-refractivity contribution is 8.00. The number of anilines is 2. The van der Waals surface area contributed by atoms with Crippen LogP contribution in [0.3, 0.4) is 0 Å². The molecule has 3 unspecified atom stereocenters. The van der Waals surface area contributed by atoms with Gasteiger partial charge in [-0.1, -0.05) is 104 Å². The van der Waals surface area contributed by atoms with Crippen molar-refractivity contribution in [1.82, 2.24) is 82.7 Å². The number of amides is 16. The van der Waals surface area contributed by atoms with E-state index in [9.17, 15) is 90.8 Å². The van der Waals surface area contributed by atoms with Crippen LogP contribution in [0.2, 0.25) is 0 Å². The van der Waals surface area contributed by atoms with Crippen molar-refractivity contribution in [2.75, 3.05) is 89.7 Å². The molecule has 43 nitrogen and oxygen atoms in total. The number of aromatic nitrogens is 2. The number of benzene rings is 3. The van der Waals surface area contributed by atoms with Gasteiger partial charge in [0, 0.05) is 101 Å². The minimum Gasteiger partial charge on any atom is -0.508 e. The van der Waals surface area contributed by atoms with Gasteiger partial charge in [0.05, 0.1) is 41.9 Å². The number of fused-ring (bicyclic) bond motifs is 1. The number of carboxylic acid groups (broad SMARTS) is 1. The number of hydrogen-bond acceptors (Lipinski definition) is 26. The highest BCUT2D eigenvalue weighted by Gasteiger charge is 2.47. The first-order valence-corrected chi connectivity index (χ1v) is 49.2. The summed E-state index contributed by atoms with van der Waals surface area (Å²) < 4.78 is 47.3. The molecule has 0 aliphatic carbocycles. The Morgan fingerprint density at radius 1 is 0.639 bits per heavy atom. The molecule has 0 radical (unpaired) electrons. The topological polar surface area (TPSA) is 641 Å². The minimum atomic E-state index is -4.81. The average Bonchev–Trinajstić information content (AvgIpc) is 1.51. The normalized spacial score (nSPS) is 17.1. The van der Waals surface area contributed by atoms with E-state index in [0.717, 1.165) is 38.1 Å². The lowest BCUT2D eigenvalue weighted by Crippen LogP contribution is -2.61. The Morgan fingerprint density at radius 2 is 1.26 bits per heavy atom. The summed E-state index contributed by atoms with van der Waals surface area (Å²) in [7, 11) is 7.19. The van der Waals surface area contributed by atoms with Crippen LogP contribution in [0.5, 0.6) is 5.75 Å². The summed E-state index contributed by atoms with van der Waals surface area (Å²) in [6.07, 6.45) is -4.69. The molecule has 2 aliphatic heterocycles. The first-order chi connectivity index (χ1) is 68.0. The number of likely N-dealkylation sites (N-methyl/N-ethyl adjacent to an activating group) is 4. The number of aromatic hydroxyl groups is 1. The first kappa shape index (κ1) is 118. The lowest BCUT2D eigenvalue weighted by Gasteiger charge is -2.36. The van der Waals surface area contributed by atoms with Gasteiger partial charge in [0.1, 0.15) is 84.3 Å². The molecule has 17 atom stereocenters. The number of β-amino-alcohol motifs (C(OH)–C–C–N with tert-alkyl or cyclic N) is 1. The SMILES string of the molecule is CCCC[C@@H](C(=O)N[C@@H](CC(C)C)C(=O)N[C@@H](CSCC(N)=O)C(=O)NCC(N)=O)N(C)C(=O)[C@H](CCC(C)c1cccc(N(C(C)OC)C(C(=O)O)c2cccc3c(C[C@H](NC(=O)[C@@H]4C[C@@H](O)CN4C(=O)[C@H](CC(C)C)NC(=O)[C@H](CNc4ccc(C(F)(F)F)cn4)NC(=O)[C@@H]4CCCN4C(=O)[C@H](CC(N)=O)NC(=O)[C@H](C)N(C)C(=O)[C@@H](C)Cc4ccc(O)cc4)C(=O)N[C@@H](CCN)C(=O)NC)c[nH]c23)c1)NC.